The number of hydrogen-bond acceptors (Lipinski definition) is 4. The van der Waals surface area contributed by atoms with E-state index in [1.165, 1.54) is 0 Å². The number of rotatable bonds is 7. The molecule has 98 valence electrons. The fourth-order valence-electron chi connectivity index (χ4n) is 1.51. The van der Waals surface area contributed by atoms with Crippen LogP contribution in [0.4, 0.5) is 5.69 Å². The second kappa shape index (κ2) is 8.17. The molecule has 3 nitrogen and oxygen atoms in total. The predicted molar refractivity (Wildman–Crippen MR) is 79.6 cm³/mol. The van der Waals surface area contributed by atoms with Crippen molar-refractivity contribution in [2.75, 3.05) is 29.1 Å². The van der Waals surface area contributed by atoms with Gasteiger partial charge in [0, 0.05) is 33.7 Å². The molecule has 1 unspecified atom stereocenters. The van der Waals surface area contributed by atoms with E-state index in [1.54, 1.807) is 11.8 Å². The van der Waals surface area contributed by atoms with Crippen molar-refractivity contribution in [1.29, 1.82) is 5.26 Å². The van der Waals surface area contributed by atoms with Crippen LogP contribution in [0.2, 0.25) is 0 Å². The highest BCUT2D eigenvalue weighted by Gasteiger charge is 2.07. The summed E-state index contributed by atoms with van der Waals surface area (Å²) in [7, 11) is -0.769. The second-order valence-corrected chi connectivity index (χ2v) is 6.75. The van der Waals surface area contributed by atoms with E-state index in [2.05, 4.69) is 18.3 Å². The monoisotopic (exact) mass is 282 g/mol. The van der Waals surface area contributed by atoms with E-state index in [1.807, 2.05) is 25.1 Å². The molecule has 18 heavy (non-hydrogen) atoms. The summed E-state index contributed by atoms with van der Waals surface area (Å²) >= 11 is 1.66. The summed E-state index contributed by atoms with van der Waals surface area (Å²) in [6.07, 6.45) is 0. The van der Waals surface area contributed by atoms with Crippen molar-refractivity contribution in [3.63, 3.8) is 0 Å². The van der Waals surface area contributed by atoms with E-state index in [4.69, 9.17) is 0 Å². The highest BCUT2D eigenvalue weighted by molar-refractivity contribution is 7.99. The first-order chi connectivity index (χ1) is 8.72. The molecule has 1 rings (SSSR count). The van der Waals surface area contributed by atoms with Gasteiger partial charge in [-0.05, 0) is 17.9 Å². The van der Waals surface area contributed by atoms with Crippen LogP contribution in [0, 0.1) is 11.3 Å². The normalized spacial score (nSPS) is 11.8. The summed E-state index contributed by atoms with van der Waals surface area (Å²) in [4.78, 5) is 1.00. The van der Waals surface area contributed by atoms with Gasteiger partial charge in [0.05, 0.1) is 11.3 Å². The van der Waals surface area contributed by atoms with Crippen LogP contribution in [0.1, 0.15) is 19.4 Å². The molecule has 0 bridgehead atoms. The molecule has 1 atom stereocenters. The van der Waals surface area contributed by atoms with Gasteiger partial charge in [0.25, 0.3) is 0 Å². The van der Waals surface area contributed by atoms with Gasteiger partial charge in [-0.25, -0.2) is 0 Å². The van der Waals surface area contributed by atoms with E-state index in [9.17, 15) is 9.47 Å². The van der Waals surface area contributed by atoms with Crippen LogP contribution in [0.5, 0.6) is 0 Å². The first kappa shape index (κ1) is 15.1. The first-order valence-corrected chi connectivity index (χ1v) is 8.45. The van der Waals surface area contributed by atoms with Gasteiger partial charge < -0.3 is 5.32 Å². The zero-order valence-electron chi connectivity index (χ0n) is 10.7. The molecule has 1 N–H and O–H groups in total. The molecule has 0 saturated heterocycles. The van der Waals surface area contributed by atoms with Gasteiger partial charge in [-0.2, -0.15) is 5.26 Å². The number of hydrogen-bond donors (Lipinski definition) is 1. The molecule has 0 aliphatic rings. The zero-order valence-corrected chi connectivity index (χ0v) is 12.4. The quantitative estimate of drug-likeness (QED) is 0.781. The van der Waals surface area contributed by atoms with E-state index < -0.39 is 10.8 Å². The van der Waals surface area contributed by atoms with Crippen molar-refractivity contribution in [1.82, 2.24) is 0 Å². The standard InChI is InChI=1S/C13H18N2OS2/c1-3-17-13-7-5-6-12(11(13)10-14)15-8-9-18(16)4-2/h5-7,15H,3-4,8-9H2,1-2H3. The van der Waals surface area contributed by atoms with Gasteiger partial charge in [-0.15, -0.1) is 11.8 Å². The molecule has 1 aromatic rings. The van der Waals surface area contributed by atoms with Crippen LogP contribution in [-0.4, -0.2) is 28.0 Å². The van der Waals surface area contributed by atoms with E-state index in [0.717, 1.165) is 16.3 Å². The molecule has 0 spiro atoms. The fourth-order valence-corrected chi connectivity index (χ4v) is 2.92. The van der Waals surface area contributed by atoms with Crippen LogP contribution >= 0.6 is 11.8 Å². The Bertz CT molecular complexity index is 455. The Balaban J connectivity index is 2.73. The third-order valence-electron chi connectivity index (χ3n) is 2.41. The Morgan fingerprint density at radius 2 is 2.22 bits per heavy atom. The molecule has 0 aromatic heterocycles. The summed E-state index contributed by atoms with van der Waals surface area (Å²) in [6, 6.07) is 8.04. The van der Waals surface area contributed by atoms with E-state index in [-0.39, 0.29) is 0 Å². The third kappa shape index (κ3) is 4.35. The molecule has 0 aliphatic heterocycles. The lowest BCUT2D eigenvalue weighted by molar-refractivity contribution is 0.684. The maximum atomic E-state index is 11.3. The van der Waals surface area contributed by atoms with Crippen LogP contribution < -0.4 is 5.32 Å². The smallest absolute Gasteiger partial charge is 0.102 e. The molecule has 0 amide bonds. The summed E-state index contributed by atoms with van der Waals surface area (Å²) in [5, 5.41) is 12.4. The summed E-state index contributed by atoms with van der Waals surface area (Å²) in [6.45, 7) is 4.61. The number of benzene rings is 1. The van der Waals surface area contributed by atoms with Crippen molar-refractivity contribution in [2.45, 2.75) is 18.7 Å². The van der Waals surface area contributed by atoms with Gasteiger partial charge in [-0.3, -0.25) is 4.21 Å². The zero-order chi connectivity index (χ0) is 13.4. The molecular weight excluding hydrogens is 264 g/mol. The number of thioether (sulfide) groups is 1. The van der Waals surface area contributed by atoms with Gasteiger partial charge in [0.2, 0.25) is 0 Å². The van der Waals surface area contributed by atoms with Gasteiger partial charge in [0.15, 0.2) is 0 Å². The summed E-state index contributed by atoms with van der Waals surface area (Å²) in [5.74, 6) is 2.24. The van der Waals surface area contributed by atoms with E-state index >= 15 is 0 Å². The minimum absolute atomic E-state index is 0.618. The van der Waals surface area contributed by atoms with Crippen molar-refractivity contribution in [3.8, 4) is 6.07 Å². The third-order valence-corrected chi connectivity index (χ3v) is 4.65. The average Bonchev–Trinajstić information content (AvgIpc) is 2.39. The maximum absolute atomic E-state index is 11.3. The lowest BCUT2D eigenvalue weighted by Gasteiger charge is -2.10. The lowest BCUT2D eigenvalue weighted by Crippen LogP contribution is -2.12. The number of anilines is 1. The van der Waals surface area contributed by atoms with Crippen LogP contribution in [0.15, 0.2) is 23.1 Å². The number of nitrogens with zero attached hydrogens (tertiary/aromatic N) is 1. The molecule has 0 aliphatic carbocycles. The van der Waals surface area contributed by atoms with Crippen molar-refractivity contribution in [3.05, 3.63) is 23.8 Å². The predicted octanol–water partition coefficient (Wildman–Crippen LogP) is 2.85. The minimum atomic E-state index is -0.769. The van der Waals surface area contributed by atoms with Crippen LogP contribution in [0.25, 0.3) is 0 Å². The topological polar surface area (TPSA) is 52.9 Å². The van der Waals surface area contributed by atoms with Crippen LogP contribution in [0.3, 0.4) is 0 Å². The highest BCUT2D eigenvalue weighted by Crippen LogP contribution is 2.27. The molecule has 1 aromatic carbocycles. The Hall–Kier alpha value is -0.990. The molecule has 0 fully saturated rings. The molecular formula is C13H18N2OS2. The SMILES string of the molecule is CCSc1cccc(NCCS(=O)CC)c1C#N. The summed E-state index contributed by atoms with van der Waals surface area (Å²) in [5.41, 5.74) is 1.52. The van der Waals surface area contributed by atoms with Crippen molar-refractivity contribution in [2.24, 2.45) is 0 Å². The Morgan fingerprint density at radius 3 is 2.83 bits per heavy atom. The molecule has 0 heterocycles. The first-order valence-electron chi connectivity index (χ1n) is 5.97. The Labute approximate surface area is 115 Å². The van der Waals surface area contributed by atoms with Crippen molar-refractivity contribution >= 4 is 28.2 Å². The maximum Gasteiger partial charge on any atom is 0.102 e. The van der Waals surface area contributed by atoms with Gasteiger partial charge >= 0.3 is 0 Å². The fraction of sp³-hybridized carbons (Fsp3) is 0.462. The van der Waals surface area contributed by atoms with E-state index in [0.29, 0.717) is 23.6 Å². The lowest BCUT2D eigenvalue weighted by atomic mass is 10.2. The highest BCUT2D eigenvalue weighted by atomic mass is 32.2. The minimum Gasteiger partial charge on any atom is -0.383 e. The van der Waals surface area contributed by atoms with Gasteiger partial charge in [-0.1, -0.05) is 19.9 Å². The van der Waals surface area contributed by atoms with Crippen LogP contribution in [-0.2, 0) is 10.8 Å². The average molecular weight is 282 g/mol. The van der Waals surface area contributed by atoms with Crippen molar-refractivity contribution < 1.29 is 4.21 Å². The second-order valence-electron chi connectivity index (χ2n) is 3.58. The largest absolute Gasteiger partial charge is 0.383 e. The Morgan fingerprint density at radius 1 is 1.44 bits per heavy atom. The van der Waals surface area contributed by atoms with Gasteiger partial charge in [0.1, 0.15) is 6.07 Å². The molecule has 0 radical (unpaired) electrons. The molecule has 0 saturated carbocycles. The number of nitrogens with one attached hydrogen (secondary N) is 1. The number of nitriles is 1. The summed E-state index contributed by atoms with van der Waals surface area (Å²) < 4.78 is 11.3. The molecule has 5 heteroatoms. The Kier molecular flexibility index (Phi) is 6.84.